The fourth-order valence-corrected chi connectivity index (χ4v) is 3.46. The molecule has 6 nitrogen and oxygen atoms in total. The summed E-state index contributed by atoms with van der Waals surface area (Å²) in [6, 6.07) is 8.15. The molecule has 162 valence electrons. The van der Waals surface area contributed by atoms with E-state index >= 15 is 0 Å². The lowest BCUT2D eigenvalue weighted by molar-refractivity contribution is -0.137. The molecule has 0 spiro atoms. The smallest absolute Gasteiger partial charge is 0.418 e. The van der Waals surface area contributed by atoms with Crippen LogP contribution in [0.3, 0.4) is 0 Å². The molecule has 2 heterocycles. The van der Waals surface area contributed by atoms with Gasteiger partial charge in [0.15, 0.2) is 11.5 Å². The van der Waals surface area contributed by atoms with Gasteiger partial charge in [0.05, 0.1) is 27.7 Å². The molecule has 0 saturated carbocycles. The van der Waals surface area contributed by atoms with Crippen LogP contribution in [0.5, 0.6) is 11.5 Å². The van der Waals surface area contributed by atoms with Gasteiger partial charge in [0.1, 0.15) is 0 Å². The van der Waals surface area contributed by atoms with Crippen molar-refractivity contribution < 1.29 is 27.4 Å². The van der Waals surface area contributed by atoms with E-state index < -0.39 is 17.6 Å². The van der Waals surface area contributed by atoms with Gasteiger partial charge < -0.3 is 14.4 Å². The first-order chi connectivity index (χ1) is 14.6. The summed E-state index contributed by atoms with van der Waals surface area (Å²) in [6.45, 7) is 3.25. The van der Waals surface area contributed by atoms with E-state index in [9.17, 15) is 18.0 Å². The van der Waals surface area contributed by atoms with Crippen molar-refractivity contribution in [3.05, 3.63) is 63.9 Å². The fourth-order valence-electron chi connectivity index (χ4n) is 3.34. The molecule has 0 saturated heterocycles. The van der Waals surface area contributed by atoms with Crippen molar-refractivity contribution in [3.8, 4) is 17.2 Å². The number of carbonyl (C=O) groups excluding carboxylic acids is 1. The highest BCUT2D eigenvalue weighted by Crippen LogP contribution is 2.37. The molecule has 0 N–H and O–H groups in total. The quantitative estimate of drug-likeness (QED) is 0.551. The Balaban J connectivity index is 1.77. The zero-order chi connectivity index (χ0) is 22.5. The van der Waals surface area contributed by atoms with Gasteiger partial charge in [-0.25, -0.2) is 4.68 Å². The predicted octanol–water partition coefficient (Wildman–Crippen LogP) is 5.17. The number of benzene rings is 2. The maximum absolute atomic E-state index is 13.7. The molecular formula is C21H17ClF3N3O3. The van der Waals surface area contributed by atoms with Crippen LogP contribution in [0.2, 0.25) is 5.02 Å². The van der Waals surface area contributed by atoms with Gasteiger partial charge in [-0.1, -0.05) is 11.6 Å². The normalized spacial score (nSPS) is 12.9. The predicted molar refractivity (Wildman–Crippen MR) is 108 cm³/mol. The minimum absolute atomic E-state index is 0.0619. The number of halogens is 4. The van der Waals surface area contributed by atoms with Crippen molar-refractivity contribution in [2.75, 3.05) is 18.7 Å². The van der Waals surface area contributed by atoms with Crippen LogP contribution in [0.4, 0.5) is 18.9 Å². The Kier molecular flexibility index (Phi) is 5.09. The lowest BCUT2D eigenvalue weighted by atomic mass is 10.1. The van der Waals surface area contributed by atoms with E-state index in [1.54, 1.807) is 32.0 Å². The second-order valence-electron chi connectivity index (χ2n) is 7.03. The number of nitrogens with zero attached hydrogens (tertiary/aromatic N) is 3. The molecule has 1 aliphatic heterocycles. The van der Waals surface area contributed by atoms with Crippen molar-refractivity contribution in [2.24, 2.45) is 0 Å². The molecule has 0 fully saturated rings. The number of ether oxygens (including phenoxy) is 2. The summed E-state index contributed by atoms with van der Waals surface area (Å²) in [5.41, 5.74) is 0.110. The second kappa shape index (κ2) is 7.49. The highest BCUT2D eigenvalue weighted by Gasteiger charge is 2.35. The summed E-state index contributed by atoms with van der Waals surface area (Å²) in [4.78, 5) is 14.4. The van der Waals surface area contributed by atoms with Crippen molar-refractivity contribution in [1.29, 1.82) is 0 Å². The first kappa shape index (κ1) is 21.0. The average Bonchev–Trinajstić information content (AvgIpc) is 3.31. The molecule has 0 atom stereocenters. The number of amides is 1. The molecule has 1 aliphatic rings. The molecular weight excluding hydrogens is 435 g/mol. The molecule has 1 amide bonds. The largest absolute Gasteiger partial charge is 0.454 e. The Morgan fingerprint density at radius 2 is 1.84 bits per heavy atom. The summed E-state index contributed by atoms with van der Waals surface area (Å²) in [5, 5.41) is 4.39. The summed E-state index contributed by atoms with van der Waals surface area (Å²) in [5.74, 6) is 0.548. The average molecular weight is 452 g/mol. The van der Waals surface area contributed by atoms with E-state index in [4.69, 9.17) is 21.1 Å². The van der Waals surface area contributed by atoms with Gasteiger partial charge in [-0.3, -0.25) is 4.79 Å². The number of hydrogen-bond donors (Lipinski definition) is 0. The monoisotopic (exact) mass is 451 g/mol. The zero-order valence-electron chi connectivity index (χ0n) is 16.7. The highest BCUT2D eigenvalue weighted by atomic mass is 35.5. The summed E-state index contributed by atoms with van der Waals surface area (Å²) >= 11 is 6.13. The number of rotatable bonds is 3. The molecule has 10 heteroatoms. The highest BCUT2D eigenvalue weighted by molar-refractivity contribution is 6.31. The Hall–Kier alpha value is -3.20. The van der Waals surface area contributed by atoms with E-state index in [0.29, 0.717) is 28.6 Å². The molecule has 0 radical (unpaired) electrons. The first-order valence-corrected chi connectivity index (χ1v) is 9.56. The standard InChI is InChI=1S/C21H17ClF3N3O3/c1-11-19(22)12(2)28(26-11)16-8-13(4-6-15(16)21(23,24)25)20(29)27(3)14-5-7-17-18(9-14)31-10-30-17/h4-9H,10H2,1-3H3. The van der Waals surface area contributed by atoms with Crippen molar-refractivity contribution in [3.63, 3.8) is 0 Å². The summed E-state index contributed by atoms with van der Waals surface area (Å²) in [6.07, 6.45) is -4.64. The Labute approximate surface area is 180 Å². The third kappa shape index (κ3) is 3.69. The van der Waals surface area contributed by atoms with Crippen molar-refractivity contribution >= 4 is 23.2 Å². The summed E-state index contributed by atoms with van der Waals surface area (Å²) in [7, 11) is 1.53. The van der Waals surface area contributed by atoms with Gasteiger partial charge in [-0.15, -0.1) is 0 Å². The lowest BCUT2D eigenvalue weighted by Gasteiger charge is -2.20. The Morgan fingerprint density at radius 3 is 2.48 bits per heavy atom. The van der Waals surface area contributed by atoms with Crippen LogP contribution in [0.1, 0.15) is 27.3 Å². The number of aromatic nitrogens is 2. The Bertz CT molecular complexity index is 1190. The SMILES string of the molecule is Cc1nn(-c2cc(C(=O)N(C)c3ccc4c(c3)OCO4)ccc2C(F)(F)F)c(C)c1Cl. The van der Waals surface area contributed by atoms with E-state index in [-0.39, 0.29) is 23.1 Å². The number of aryl methyl sites for hydroxylation is 1. The molecule has 0 bridgehead atoms. The van der Waals surface area contributed by atoms with Gasteiger partial charge in [0.2, 0.25) is 6.79 Å². The van der Waals surface area contributed by atoms with Crippen LogP contribution >= 0.6 is 11.6 Å². The molecule has 0 unspecified atom stereocenters. The minimum Gasteiger partial charge on any atom is -0.454 e. The van der Waals surface area contributed by atoms with Crippen LogP contribution in [0.15, 0.2) is 36.4 Å². The van der Waals surface area contributed by atoms with Crippen LogP contribution in [0.25, 0.3) is 5.69 Å². The van der Waals surface area contributed by atoms with Crippen LogP contribution in [0, 0.1) is 13.8 Å². The van der Waals surface area contributed by atoms with Crippen LogP contribution < -0.4 is 14.4 Å². The molecule has 3 aromatic rings. The summed E-state index contributed by atoms with van der Waals surface area (Å²) < 4.78 is 52.7. The number of fused-ring (bicyclic) bond motifs is 1. The molecule has 1 aromatic heterocycles. The number of carbonyl (C=O) groups is 1. The number of anilines is 1. The van der Waals surface area contributed by atoms with E-state index in [0.717, 1.165) is 16.8 Å². The third-order valence-electron chi connectivity index (χ3n) is 5.03. The van der Waals surface area contributed by atoms with E-state index in [2.05, 4.69) is 5.10 Å². The Morgan fingerprint density at radius 1 is 1.13 bits per heavy atom. The van der Waals surface area contributed by atoms with Gasteiger partial charge in [-0.05, 0) is 44.2 Å². The zero-order valence-corrected chi connectivity index (χ0v) is 17.5. The molecule has 0 aliphatic carbocycles. The van der Waals surface area contributed by atoms with Gasteiger partial charge in [-0.2, -0.15) is 18.3 Å². The van der Waals surface area contributed by atoms with E-state index in [1.165, 1.54) is 18.0 Å². The third-order valence-corrected chi connectivity index (χ3v) is 5.58. The lowest BCUT2D eigenvalue weighted by Crippen LogP contribution is -2.26. The van der Waals surface area contributed by atoms with Crippen LogP contribution in [-0.4, -0.2) is 29.5 Å². The van der Waals surface area contributed by atoms with Crippen molar-refractivity contribution in [2.45, 2.75) is 20.0 Å². The van der Waals surface area contributed by atoms with Gasteiger partial charge in [0.25, 0.3) is 5.91 Å². The topological polar surface area (TPSA) is 56.6 Å². The molecule has 2 aromatic carbocycles. The van der Waals surface area contributed by atoms with E-state index in [1.807, 2.05) is 0 Å². The second-order valence-corrected chi connectivity index (χ2v) is 7.41. The first-order valence-electron chi connectivity index (χ1n) is 9.19. The molecule has 31 heavy (non-hydrogen) atoms. The number of alkyl halides is 3. The maximum atomic E-state index is 13.7. The fraction of sp³-hybridized carbons (Fsp3) is 0.238. The van der Waals surface area contributed by atoms with Gasteiger partial charge in [0, 0.05) is 24.4 Å². The minimum atomic E-state index is -4.64. The maximum Gasteiger partial charge on any atom is 0.418 e. The molecule has 4 rings (SSSR count). The van der Waals surface area contributed by atoms with Crippen molar-refractivity contribution in [1.82, 2.24) is 9.78 Å². The van der Waals surface area contributed by atoms with Gasteiger partial charge >= 0.3 is 6.18 Å². The number of hydrogen-bond acceptors (Lipinski definition) is 4. The van der Waals surface area contributed by atoms with Crippen LogP contribution in [-0.2, 0) is 6.18 Å².